The van der Waals surface area contributed by atoms with Gasteiger partial charge >= 0.3 is 5.97 Å². The number of anilines is 1. The van der Waals surface area contributed by atoms with E-state index in [2.05, 4.69) is 5.32 Å². The summed E-state index contributed by atoms with van der Waals surface area (Å²) < 4.78 is 28.8. The van der Waals surface area contributed by atoms with Crippen LogP contribution in [0.3, 0.4) is 0 Å². The van der Waals surface area contributed by atoms with E-state index in [0.717, 1.165) is 31.4 Å². The van der Waals surface area contributed by atoms with Gasteiger partial charge in [0.25, 0.3) is 16.0 Å². The maximum absolute atomic E-state index is 12.0. The molecular formula is C15H19NO7S. The number of hydrogen-bond donors (Lipinski definition) is 3. The molecule has 0 bridgehead atoms. The van der Waals surface area contributed by atoms with Gasteiger partial charge in [0.2, 0.25) is 0 Å². The first-order valence-electron chi connectivity index (χ1n) is 7.54. The Labute approximate surface area is 139 Å². The molecule has 9 heteroatoms. The van der Waals surface area contributed by atoms with E-state index < -0.39 is 39.6 Å². The van der Waals surface area contributed by atoms with Gasteiger partial charge < -0.3 is 15.5 Å². The van der Waals surface area contributed by atoms with Crippen molar-refractivity contribution in [3.8, 4) is 5.75 Å². The minimum atomic E-state index is -3.78. The molecule has 0 aromatic heterocycles. The third-order valence-corrected chi connectivity index (χ3v) is 5.56. The molecule has 1 aromatic rings. The number of carboxylic acids is 1. The topological polar surface area (TPSA) is 130 Å². The van der Waals surface area contributed by atoms with Crippen molar-refractivity contribution in [3.05, 3.63) is 23.8 Å². The Kier molecular flexibility index (Phi) is 5.79. The van der Waals surface area contributed by atoms with Crippen LogP contribution in [0.25, 0.3) is 0 Å². The molecule has 1 amide bonds. The summed E-state index contributed by atoms with van der Waals surface area (Å²) in [6, 6.07) is 3.49. The number of carbonyl (C=O) groups excluding carboxylic acids is 1. The quantitative estimate of drug-likeness (QED) is 0.661. The minimum Gasteiger partial charge on any atom is -0.507 e. The molecule has 1 aromatic carbocycles. The molecule has 3 N–H and O–H groups in total. The van der Waals surface area contributed by atoms with Gasteiger partial charge in [0.15, 0.2) is 0 Å². The summed E-state index contributed by atoms with van der Waals surface area (Å²) in [4.78, 5) is 22.6. The normalized spacial score (nSPS) is 15.8. The van der Waals surface area contributed by atoms with Gasteiger partial charge in [-0.25, -0.2) is 4.79 Å². The van der Waals surface area contributed by atoms with Crippen LogP contribution in [0.2, 0.25) is 0 Å². The zero-order valence-electron chi connectivity index (χ0n) is 12.9. The number of hydrogen-bond acceptors (Lipinski definition) is 6. The van der Waals surface area contributed by atoms with Crippen molar-refractivity contribution >= 4 is 27.7 Å². The Morgan fingerprint density at radius 3 is 2.46 bits per heavy atom. The molecule has 8 nitrogen and oxygen atoms in total. The van der Waals surface area contributed by atoms with E-state index in [9.17, 15) is 23.1 Å². The number of aromatic hydroxyl groups is 1. The van der Waals surface area contributed by atoms with E-state index in [1.165, 1.54) is 6.07 Å². The highest BCUT2D eigenvalue weighted by Gasteiger charge is 2.28. The van der Waals surface area contributed by atoms with Crippen LogP contribution in [0, 0.1) is 0 Å². The molecule has 1 saturated carbocycles. The van der Waals surface area contributed by atoms with Gasteiger partial charge in [0, 0.05) is 11.8 Å². The van der Waals surface area contributed by atoms with Crippen LogP contribution in [0.5, 0.6) is 5.75 Å². The number of amides is 1. The molecule has 1 aliphatic carbocycles. The van der Waals surface area contributed by atoms with Gasteiger partial charge in [0.1, 0.15) is 17.9 Å². The lowest BCUT2D eigenvalue weighted by atomic mass is 10.0. The van der Waals surface area contributed by atoms with Crippen LogP contribution >= 0.6 is 0 Å². The summed E-state index contributed by atoms with van der Waals surface area (Å²) in [5.74, 6) is -2.51. The third-order valence-electron chi connectivity index (χ3n) is 3.83. The molecule has 1 fully saturated rings. The number of aromatic carboxylic acids is 1. The lowest BCUT2D eigenvalue weighted by Gasteiger charge is -2.20. The van der Waals surface area contributed by atoms with Gasteiger partial charge in [-0.2, -0.15) is 8.42 Å². The fourth-order valence-electron chi connectivity index (χ4n) is 2.57. The summed E-state index contributed by atoms with van der Waals surface area (Å²) in [6.45, 7) is -0.666. The predicted octanol–water partition coefficient (Wildman–Crippen LogP) is 1.71. The zero-order chi connectivity index (χ0) is 17.7. The molecule has 0 aliphatic heterocycles. The largest absolute Gasteiger partial charge is 0.507 e. The molecule has 2 rings (SSSR count). The van der Waals surface area contributed by atoms with Gasteiger partial charge in [0.05, 0.1) is 5.25 Å². The molecular weight excluding hydrogens is 338 g/mol. The van der Waals surface area contributed by atoms with Crippen molar-refractivity contribution in [1.29, 1.82) is 0 Å². The highest BCUT2D eigenvalue weighted by Crippen LogP contribution is 2.25. The lowest BCUT2D eigenvalue weighted by molar-refractivity contribution is -0.118. The monoisotopic (exact) mass is 357 g/mol. The lowest BCUT2D eigenvalue weighted by Crippen LogP contribution is -2.29. The van der Waals surface area contributed by atoms with Crippen LogP contribution < -0.4 is 5.32 Å². The van der Waals surface area contributed by atoms with E-state index in [4.69, 9.17) is 9.29 Å². The molecule has 0 atom stereocenters. The molecule has 0 heterocycles. The SMILES string of the molecule is O=C(COS(=O)(=O)C1CCCCC1)Nc1ccc(C(=O)O)c(O)c1. The summed E-state index contributed by atoms with van der Waals surface area (Å²) >= 11 is 0. The highest BCUT2D eigenvalue weighted by molar-refractivity contribution is 7.87. The first kappa shape index (κ1) is 18.2. The van der Waals surface area contributed by atoms with Crippen LogP contribution in [0.4, 0.5) is 5.69 Å². The number of rotatable bonds is 6. The average Bonchev–Trinajstić information content (AvgIpc) is 2.54. The zero-order valence-corrected chi connectivity index (χ0v) is 13.7. The molecule has 0 unspecified atom stereocenters. The molecule has 0 saturated heterocycles. The molecule has 0 radical (unpaired) electrons. The van der Waals surface area contributed by atoms with Gasteiger partial charge in [-0.15, -0.1) is 0 Å². The maximum atomic E-state index is 12.0. The minimum absolute atomic E-state index is 0.140. The van der Waals surface area contributed by atoms with Crippen LogP contribution in [-0.2, 0) is 19.1 Å². The van der Waals surface area contributed by atoms with E-state index in [0.29, 0.717) is 12.8 Å². The van der Waals surface area contributed by atoms with Gasteiger partial charge in [-0.3, -0.25) is 8.98 Å². The third kappa shape index (κ3) is 4.68. The number of phenols is 1. The molecule has 0 spiro atoms. The van der Waals surface area contributed by atoms with E-state index in [-0.39, 0.29) is 11.3 Å². The standard InChI is InChI=1S/C15H19NO7S/c17-13-8-10(6-7-12(13)15(19)20)16-14(18)9-23-24(21,22)11-4-2-1-3-5-11/h6-8,11,17H,1-5,9H2,(H,16,18)(H,19,20). The Bertz CT molecular complexity index is 723. The van der Waals surface area contributed by atoms with Crippen molar-refractivity contribution in [3.63, 3.8) is 0 Å². The van der Waals surface area contributed by atoms with Gasteiger partial charge in [-0.05, 0) is 25.0 Å². The Hall–Kier alpha value is -2.13. The predicted molar refractivity (Wildman–Crippen MR) is 85.4 cm³/mol. The first-order valence-corrected chi connectivity index (χ1v) is 9.01. The number of carbonyl (C=O) groups is 2. The second-order valence-corrected chi connectivity index (χ2v) is 7.49. The maximum Gasteiger partial charge on any atom is 0.339 e. The van der Waals surface area contributed by atoms with Crippen molar-refractivity contribution in [2.24, 2.45) is 0 Å². The average molecular weight is 357 g/mol. The second kappa shape index (κ2) is 7.63. The smallest absolute Gasteiger partial charge is 0.339 e. The van der Waals surface area contributed by atoms with Crippen molar-refractivity contribution in [1.82, 2.24) is 0 Å². The number of carboxylic acid groups (broad SMARTS) is 1. The first-order chi connectivity index (χ1) is 11.3. The van der Waals surface area contributed by atoms with Crippen LogP contribution in [-0.4, -0.2) is 42.4 Å². The molecule has 132 valence electrons. The summed E-state index contributed by atoms with van der Waals surface area (Å²) in [5.41, 5.74) is -0.162. The summed E-state index contributed by atoms with van der Waals surface area (Å²) in [7, 11) is -3.78. The van der Waals surface area contributed by atoms with Crippen LogP contribution in [0.1, 0.15) is 42.5 Å². The fraction of sp³-hybridized carbons (Fsp3) is 0.467. The van der Waals surface area contributed by atoms with Crippen molar-refractivity contribution in [2.75, 3.05) is 11.9 Å². The second-order valence-electron chi connectivity index (χ2n) is 5.60. The fourth-order valence-corrected chi connectivity index (χ4v) is 3.95. The Morgan fingerprint density at radius 1 is 1.21 bits per heavy atom. The molecule has 1 aliphatic rings. The van der Waals surface area contributed by atoms with Crippen LogP contribution in [0.15, 0.2) is 18.2 Å². The van der Waals surface area contributed by atoms with Gasteiger partial charge in [-0.1, -0.05) is 19.3 Å². The van der Waals surface area contributed by atoms with Crippen molar-refractivity contribution < 1.29 is 32.4 Å². The molecule has 24 heavy (non-hydrogen) atoms. The Morgan fingerprint density at radius 2 is 1.88 bits per heavy atom. The Balaban J connectivity index is 1.91. The van der Waals surface area contributed by atoms with Crippen molar-refractivity contribution in [2.45, 2.75) is 37.4 Å². The van der Waals surface area contributed by atoms with E-state index in [1.807, 2.05) is 0 Å². The van der Waals surface area contributed by atoms with E-state index in [1.54, 1.807) is 0 Å². The number of nitrogens with one attached hydrogen (secondary N) is 1. The van der Waals surface area contributed by atoms with E-state index >= 15 is 0 Å². The number of benzene rings is 1. The summed E-state index contributed by atoms with van der Waals surface area (Å²) in [6.07, 6.45) is 3.73. The summed E-state index contributed by atoms with van der Waals surface area (Å²) in [5, 5.41) is 20.1. The highest BCUT2D eigenvalue weighted by atomic mass is 32.2.